The molecule has 4 unspecified atom stereocenters. The van der Waals surface area contributed by atoms with Crippen molar-refractivity contribution in [3.63, 3.8) is 0 Å². The lowest BCUT2D eigenvalue weighted by molar-refractivity contribution is 0.0570. The third-order valence-corrected chi connectivity index (χ3v) is 5.35. The first-order valence-corrected chi connectivity index (χ1v) is 7.85. The highest BCUT2D eigenvalue weighted by molar-refractivity contribution is 6.42. The Morgan fingerprint density at radius 1 is 1.16 bits per heavy atom. The summed E-state index contributed by atoms with van der Waals surface area (Å²) >= 11 is 11.9. The number of hydrogen-bond acceptors (Lipinski definition) is 1. The Morgan fingerprint density at radius 2 is 1.89 bits per heavy atom. The van der Waals surface area contributed by atoms with Gasteiger partial charge >= 0.3 is 0 Å². The lowest BCUT2D eigenvalue weighted by Gasteiger charge is -2.34. The van der Waals surface area contributed by atoms with Crippen LogP contribution in [0.1, 0.15) is 38.7 Å². The third kappa shape index (κ3) is 3.87. The zero-order valence-corrected chi connectivity index (χ0v) is 13.1. The molecule has 19 heavy (non-hydrogen) atoms. The van der Waals surface area contributed by atoms with Gasteiger partial charge in [-0.25, -0.2) is 0 Å². The minimum Gasteiger partial charge on any atom is -0.392 e. The van der Waals surface area contributed by atoms with Crippen molar-refractivity contribution in [3.8, 4) is 0 Å². The molecule has 0 spiro atoms. The van der Waals surface area contributed by atoms with Crippen molar-refractivity contribution in [1.29, 1.82) is 0 Å². The minimum atomic E-state index is -0.271. The quantitative estimate of drug-likeness (QED) is 0.835. The topological polar surface area (TPSA) is 20.2 Å². The first kappa shape index (κ1) is 15.2. The number of rotatable bonds is 3. The maximum Gasteiger partial charge on any atom is 0.0608 e. The average Bonchev–Trinajstić information content (AvgIpc) is 2.37. The molecule has 1 aromatic rings. The summed E-state index contributed by atoms with van der Waals surface area (Å²) in [6.45, 7) is 4.61. The van der Waals surface area contributed by atoms with Gasteiger partial charge in [0.05, 0.1) is 16.1 Å². The van der Waals surface area contributed by atoms with Crippen molar-refractivity contribution in [2.24, 2.45) is 17.8 Å². The Hall–Kier alpha value is -0.240. The highest BCUT2D eigenvalue weighted by Crippen LogP contribution is 2.36. The van der Waals surface area contributed by atoms with E-state index in [9.17, 15) is 5.11 Å². The zero-order valence-electron chi connectivity index (χ0n) is 11.6. The molecule has 1 aliphatic carbocycles. The Labute approximate surface area is 125 Å². The van der Waals surface area contributed by atoms with Crippen LogP contribution in [-0.4, -0.2) is 11.2 Å². The number of benzene rings is 1. The number of hydrogen-bond donors (Lipinski definition) is 1. The maximum absolute atomic E-state index is 10.4. The molecule has 1 aromatic carbocycles. The van der Waals surface area contributed by atoms with Gasteiger partial charge in [-0.3, -0.25) is 0 Å². The van der Waals surface area contributed by atoms with Gasteiger partial charge in [0.1, 0.15) is 0 Å². The van der Waals surface area contributed by atoms with Gasteiger partial charge in [-0.05, 0) is 54.7 Å². The molecule has 0 aliphatic heterocycles. The summed E-state index contributed by atoms with van der Waals surface area (Å²) in [5, 5.41) is 11.6. The molecule has 0 amide bonds. The van der Waals surface area contributed by atoms with E-state index in [2.05, 4.69) is 13.8 Å². The van der Waals surface area contributed by atoms with Crippen molar-refractivity contribution in [2.45, 2.75) is 45.6 Å². The summed E-state index contributed by atoms with van der Waals surface area (Å²) in [5.41, 5.74) is 1.06. The lowest BCUT2D eigenvalue weighted by atomic mass is 9.73. The van der Waals surface area contributed by atoms with E-state index in [1.165, 1.54) is 6.42 Å². The zero-order chi connectivity index (χ0) is 14.0. The van der Waals surface area contributed by atoms with Crippen molar-refractivity contribution >= 4 is 23.2 Å². The van der Waals surface area contributed by atoms with Gasteiger partial charge in [0.15, 0.2) is 0 Å². The van der Waals surface area contributed by atoms with Crippen LogP contribution in [0.5, 0.6) is 0 Å². The van der Waals surface area contributed by atoms with Crippen LogP contribution in [0.3, 0.4) is 0 Å². The normalized spacial score (nSPS) is 29.2. The molecule has 1 aliphatic rings. The van der Waals surface area contributed by atoms with E-state index in [1.807, 2.05) is 12.1 Å². The summed E-state index contributed by atoms with van der Waals surface area (Å²) < 4.78 is 0. The van der Waals surface area contributed by atoms with Crippen molar-refractivity contribution in [1.82, 2.24) is 0 Å². The number of aliphatic hydroxyl groups is 1. The van der Waals surface area contributed by atoms with Gasteiger partial charge < -0.3 is 5.11 Å². The highest BCUT2D eigenvalue weighted by atomic mass is 35.5. The van der Waals surface area contributed by atoms with E-state index in [1.54, 1.807) is 6.07 Å². The predicted molar refractivity (Wildman–Crippen MR) is 81.8 cm³/mol. The van der Waals surface area contributed by atoms with Crippen LogP contribution < -0.4 is 0 Å². The monoisotopic (exact) mass is 300 g/mol. The Morgan fingerprint density at radius 3 is 2.53 bits per heavy atom. The first-order chi connectivity index (χ1) is 8.97. The maximum atomic E-state index is 10.4. The van der Waals surface area contributed by atoms with Crippen molar-refractivity contribution in [2.75, 3.05) is 0 Å². The van der Waals surface area contributed by atoms with Gasteiger partial charge in [0.25, 0.3) is 0 Å². The summed E-state index contributed by atoms with van der Waals surface area (Å²) in [6, 6.07) is 5.62. The van der Waals surface area contributed by atoms with Crippen LogP contribution in [0, 0.1) is 17.8 Å². The molecule has 1 N–H and O–H groups in total. The van der Waals surface area contributed by atoms with Gasteiger partial charge in [-0.15, -0.1) is 0 Å². The second-order valence-corrected chi connectivity index (χ2v) is 6.86. The van der Waals surface area contributed by atoms with Crippen LogP contribution in [0.25, 0.3) is 0 Å². The molecular weight excluding hydrogens is 279 g/mol. The van der Waals surface area contributed by atoms with Gasteiger partial charge in [0.2, 0.25) is 0 Å². The summed E-state index contributed by atoms with van der Waals surface area (Å²) in [7, 11) is 0. The molecule has 106 valence electrons. The first-order valence-electron chi connectivity index (χ1n) is 7.09. The Balaban J connectivity index is 1.97. The van der Waals surface area contributed by atoms with E-state index < -0.39 is 0 Å². The van der Waals surface area contributed by atoms with Crippen LogP contribution in [0.15, 0.2) is 18.2 Å². The molecule has 1 nitrogen and oxygen atoms in total. The van der Waals surface area contributed by atoms with E-state index in [-0.39, 0.29) is 6.10 Å². The minimum absolute atomic E-state index is 0.271. The summed E-state index contributed by atoms with van der Waals surface area (Å²) in [6.07, 6.45) is 3.89. The smallest absolute Gasteiger partial charge is 0.0608 e. The van der Waals surface area contributed by atoms with Crippen molar-refractivity contribution in [3.05, 3.63) is 33.8 Å². The number of aliphatic hydroxyl groups excluding tert-OH is 1. The molecule has 0 saturated heterocycles. The van der Waals surface area contributed by atoms with E-state index in [0.717, 1.165) is 24.3 Å². The van der Waals surface area contributed by atoms with Crippen LogP contribution >= 0.6 is 23.2 Å². The summed E-state index contributed by atoms with van der Waals surface area (Å²) in [5.74, 6) is 1.91. The Bertz CT molecular complexity index is 433. The van der Waals surface area contributed by atoms with Gasteiger partial charge in [-0.2, -0.15) is 0 Å². The SMILES string of the molecule is CC1CCC(C(O)Cc2ccc(Cl)c(Cl)c2)CC1C. The van der Waals surface area contributed by atoms with Gasteiger partial charge in [0, 0.05) is 0 Å². The molecule has 2 rings (SSSR count). The molecule has 0 bridgehead atoms. The molecule has 1 fully saturated rings. The van der Waals surface area contributed by atoms with E-state index >= 15 is 0 Å². The molecule has 4 atom stereocenters. The average molecular weight is 301 g/mol. The number of halogens is 2. The fraction of sp³-hybridized carbons (Fsp3) is 0.625. The molecule has 3 heteroatoms. The second-order valence-electron chi connectivity index (χ2n) is 6.05. The predicted octanol–water partition coefficient (Wildman–Crippen LogP) is 4.97. The molecule has 0 radical (unpaired) electrons. The standard InChI is InChI=1S/C16H22Cl2O/c1-10-3-5-13(7-11(10)2)16(19)9-12-4-6-14(17)15(18)8-12/h4,6,8,10-11,13,16,19H,3,5,7,9H2,1-2H3. The largest absolute Gasteiger partial charge is 0.392 e. The fourth-order valence-corrected chi connectivity index (χ4v) is 3.33. The third-order valence-electron chi connectivity index (χ3n) is 4.61. The van der Waals surface area contributed by atoms with Crippen molar-refractivity contribution < 1.29 is 5.11 Å². The molecule has 0 heterocycles. The molecular formula is C16H22Cl2O. The van der Waals surface area contributed by atoms with E-state index in [4.69, 9.17) is 23.2 Å². The fourth-order valence-electron chi connectivity index (χ4n) is 3.01. The lowest BCUT2D eigenvalue weighted by Crippen LogP contribution is -2.30. The molecule has 0 aromatic heterocycles. The highest BCUT2D eigenvalue weighted by Gasteiger charge is 2.29. The van der Waals surface area contributed by atoms with Crippen LogP contribution in [0.2, 0.25) is 10.0 Å². The molecule has 1 saturated carbocycles. The second kappa shape index (κ2) is 6.47. The van der Waals surface area contributed by atoms with Gasteiger partial charge in [-0.1, -0.05) is 49.5 Å². The van der Waals surface area contributed by atoms with Crippen LogP contribution in [-0.2, 0) is 6.42 Å². The Kier molecular flexibility index (Phi) is 5.16. The van der Waals surface area contributed by atoms with E-state index in [0.29, 0.717) is 28.3 Å². The summed E-state index contributed by atoms with van der Waals surface area (Å²) in [4.78, 5) is 0. The van der Waals surface area contributed by atoms with Crippen LogP contribution in [0.4, 0.5) is 0 Å².